The molecule has 1 amide bonds. The van der Waals surface area contributed by atoms with E-state index in [-0.39, 0.29) is 10.8 Å². The molecular weight excluding hydrogens is 298 g/mol. The van der Waals surface area contributed by atoms with E-state index in [1.807, 2.05) is 0 Å². The average molecular weight is 319 g/mol. The minimum Gasteiger partial charge on any atom is -0.273 e. The van der Waals surface area contributed by atoms with Crippen molar-refractivity contribution in [2.75, 3.05) is 0 Å². The molecule has 1 aromatic carbocycles. The minimum atomic E-state index is -3.75. The van der Waals surface area contributed by atoms with Crippen LogP contribution in [0.4, 0.5) is 0 Å². The summed E-state index contributed by atoms with van der Waals surface area (Å²) < 4.78 is 27.2. The van der Waals surface area contributed by atoms with Crippen molar-refractivity contribution >= 4 is 15.9 Å². The fourth-order valence-electron chi connectivity index (χ4n) is 5.28. The van der Waals surface area contributed by atoms with Crippen LogP contribution >= 0.6 is 0 Å². The van der Waals surface area contributed by atoms with Crippen molar-refractivity contribution in [2.45, 2.75) is 43.4 Å². The van der Waals surface area contributed by atoms with Crippen molar-refractivity contribution in [2.24, 2.45) is 23.2 Å². The molecule has 0 aliphatic heterocycles. The minimum absolute atomic E-state index is 0.160. The molecule has 5 rings (SSSR count). The molecule has 0 aromatic heterocycles. The van der Waals surface area contributed by atoms with Crippen molar-refractivity contribution in [3.05, 3.63) is 30.3 Å². The molecule has 118 valence electrons. The Bertz CT molecular complexity index is 661. The molecule has 1 aromatic rings. The Kier molecular flexibility index (Phi) is 3.12. The number of hydrogen-bond donors (Lipinski definition) is 1. The van der Waals surface area contributed by atoms with Gasteiger partial charge in [0.05, 0.1) is 10.3 Å². The van der Waals surface area contributed by atoms with E-state index in [2.05, 4.69) is 4.72 Å². The summed E-state index contributed by atoms with van der Waals surface area (Å²) in [6.07, 6.45) is 6.31. The topological polar surface area (TPSA) is 63.2 Å². The number of sulfonamides is 1. The van der Waals surface area contributed by atoms with Crippen LogP contribution in [0, 0.1) is 23.2 Å². The highest BCUT2D eigenvalue weighted by atomic mass is 32.2. The normalized spacial score (nSPS) is 36.3. The summed E-state index contributed by atoms with van der Waals surface area (Å²) in [5.74, 6) is 1.60. The second kappa shape index (κ2) is 4.82. The van der Waals surface area contributed by atoms with Crippen LogP contribution in [0.5, 0.6) is 0 Å². The third-order valence-electron chi connectivity index (χ3n) is 5.80. The predicted molar refractivity (Wildman–Crippen MR) is 82.4 cm³/mol. The molecule has 4 fully saturated rings. The first kappa shape index (κ1) is 14.2. The zero-order valence-corrected chi connectivity index (χ0v) is 13.3. The van der Waals surface area contributed by atoms with Gasteiger partial charge in [-0.3, -0.25) is 4.79 Å². The van der Waals surface area contributed by atoms with Crippen LogP contribution < -0.4 is 4.72 Å². The first-order valence-electron chi connectivity index (χ1n) is 8.09. The van der Waals surface area contributed by atoms with E-state index in [4.69, 9.17) is 0 Å². The summed E-state index contributed by atoms with van der Waals surface area (Å²) in [7, 11) is -3.75. The van der Waals surface area contributed by atoms with E-state index in [1.54, 1.807) is 18.2 Å². The van der Waals surface area contributed by atoms with E-state index in [9.17, 15) is 13.2 Å². The van der Waals surface area contributed by atoms with Crippen molar-refractivity contribution in [3.63, 3.8) is 0 Å². The standard InChI is InChI=1S/C17H21NO3S/c19-16(18-22(20,21)15-4-2-1-3-5-15)17-9-12-6-13(10-17)8-14(7-12)11-17/h1-5,12-14H,6-11H2,(H,18,19). The van der Waals surface area contributed by atoms with Crippen LogP contribution in [0.3, 0.4) is 0 Å². The van der Waals surface area contributed by atoms with Crippen LogP contribution in [0.25, 0.3) is 0 Å². The van der Waals surface area contributed by atoms with E-state index < -0.39 is 15.4 Å². The molecule has 4 aliphatic rings. The Morgan fingerprint density at radius 3 is 1.95 bits per heavy atom. The molecule has 0 radical (unpaired) electrons. The van der Waals surface area contributed by atoms with Gasteiger partial charge in [0, 0.05) is 0 Å². The first-order valence-corrected chi connectivity index (χ1v) is 9.57. The fraction of sp³-hybridized carbons (Fsp3) is 0.588. The lowest BCUT2D eigenvalue weighted by Gasteiger charge is -2.55. The maximum Gasteiger partial charge on any atom is 0.264 e. The number of benzene rings is 1. The summed E-state index contributed by atoms with van der Waals surface area (Å²) in [5.41, 5.74) is -0.434. The Hall–Kier alpha value is -1.36. The summed E-state index contributed by atoms with van der Waals surface area (Å²) in [6.45, 7) is 0. The maximum atomic E-state index is 12.8. The maximum absolute atomic E-state index is 12.8. The van der Waals surface area contributed by atoms with Crippen molar-refractivity contribution < 1.29 is 13.2 Å². The molecule has 0 unspecified atom stereocenters. The quantitative estimate of drug-likeness (QED) is 0.931. The zero-order chi connectivity index (χ0) is 15.4. The van der Waals surface area contributed by atoms with E-state index >= 15 is 0 Å². The van der Waals surface area contributed by atoms with Gasteiger partial charge in [0.2, 0.25) is 5.91 Å². The number of rotatable bonds is 3. The number of carbonyl (C=O) groups is 1. The highest BCUT2D eigenvalue weighted by Gasteiger charge is 2.55. The molecule has 22 heavy (non-hydrogen) atoms. The number of carbonyl (C=O) groups excluding carboxylic acids is 1. The average Bonchev–Trinajstić information content (AvgIpc) is 2.46. The van der Waals surface area contributed by atoms with E-state index in [0.29, 0.717) is 17.8 Å². The largest absolute Gasteiger partial charge is 0.273 e. The second-order valence-corrected chi connectivity index (χ2v) is 9.13. The SMILES string of the molecule is O=C(NS(=O)(=O)c1ccccc1)C12CC3CC(CC(C3)C1)C2. The molecule has 5 heteroatoms. The summed E-state index contributed by atoms with van der Waals surface area (Å²) in [6, 6.07) is 8.15. The first-order chi connectivity index (χ1) is 10.5. The molecular formula is C17H21NO3S. The van der Waals surface area contributed by atoms with Gasteiger partial charge in [0.1, 0.15) is 0 Å². The highest BCUT2D eigenvalue weighted by Crippen LogP contribution is 2.60. The van der Waals surface area contributed by atoms with E-state index in [1.165, 1.54) is 31.4 Å². The van der Waals surface area contributed by atoms with Gasteiger partial charge in [-0.05, 0) is 68.4 Å². The van der Waals surface area contributed by atoms with Gasteiger partial charge in [-0.15, -0.1) is 0 Å². The molecule has 4 nitrogen and oxygen atoms in total. The van der Waals surface area contributed by atoms with Crippen molar-refractivity contribution in [1.29, 1.82) is 0 Å². The lowest BCUT2D eigenvalue weighted by Crippen LogP contribution is -2.54. The number of nitrogens with one attached hydrogen (secondary N) is 1. The molecule has 4 saturated carbocycles. The van der Waals surface area contributed by atoms with Gasteiger partial charge in [-0.1, -0.05) is 18.2 Å². The Morgan fingerprint density at radius 2 is 1.45 bits per heavy atom. The molecule has 0 atom stereocenters. The molecule has 0 heterocycles. The Balaban J connectivity index is 1.58. The molecule has 1 N–H and O–H groups in total. The van der Waals surface area contributed by atoms with Gasteiger partial charge in [-0.2, -0.15) is 0 Å². The van der Waals surface area contributed by atoms with Crippen LogP contribution in [0.1, 0.15) is 38.5 Å². The van der Waals surface area contributed by atoms with Gasteiger partial charge in [0.15, 0.2) is 0 Å². The van der Waals surface area contributed by atoms with Crippen LogP contribution in [-0.2, 0) is 14.8 Å². The summed E-state index contributed by atoms with van der Waals surface area (Å²) >= 11 is 0. The van der Waals surface area contributed by atoms with Gasteiger partial charge in [0.25, 0.3) is 10.0 Å². The smallest absolute Gasteiger partial charge is 0.264 e. The molecule has 0 spiro atoms. The highest BCUT2D eigenvalue weighted by molar-refractivity contribution is 7.90. The number of hydrogen-bond acceptors (Lipinski definition) is 3. The van der Waals surface area contributed by atoms with Crippen LogP contribution in [0.15, 0.2) is 35.2 Å². The molecule has 4 bridgehead atoms. The van der Waals surface area contributed by atoms with Crippen LogP contribution in [0.2, 0.25) is 0 Å². The summed E-state index contributed by atoms with van der Waals surface area (Å²) in [4.78, 5) is 13.0. The lowest BCUT2D eigenvalue weighted by atomic mass is 9.49. The predicted octanol–water partition coefficient (Wildman–Crippen LogP) is 2.71. The fourth-order valence-corrected chi connectivity index (χ4v) is 6.37. The molecule has 0 saturated heterocycles. The third-order valence-corrected chi connectivity index (χ3v) is 7.15. The molecule has 4 aliphatic carbocycles. The number of amides is 1. The van der Waals surface area contributed by atoms with Gasteiger partial charge < -0.3 is 0 Å². The van der Waals surface area contributed by atoms with Crippen molar-refractivity contribution in [3.8, 4) is 0 Å². The Labute approximate surface area is 131 Å². The third kappa shape index (κ3) is 2.26. The van der Waals surface area contributed by atoms with Crippen LogP contribution in [-0.4, -0.2) is 14.3 Å². The second-order valence-electron chi connectivity index (χ2n) is 7.45. The monoisotopic (exact) mass is 319 g/mol. The van der Waals surface area contributed by atoms with Crippen molar-refractivity contribution in [1.82, 2.24) is 4.72 Å². The lowest BCUT2D eigenvalue weighted by molar-refractivity contribution is -0.144. The van der Waals surface area contributed by atoms with E-state index in [0.717, 1.165) is 19.3 Å². The van der Waals surface area contributed by atoms with Gasteiger partial charge >= 0.3 is 0 Å². The summed E-state index contributed by atoms with van der Waals surface area (Å²) in [5, 5.41) is 0. The van der Waals surface area contributed by atoms with Gasteiger partial charge in [-0.25, -0.2) is 13.1 Å². The Morgan fingerprint density at radius 1 is 0.955 bits per heavy atom. The zero-order valence-electron chi connectivity index (χ0n) is 12.5.